The Morgan fingerprint density at radius 1 is 1.30 bits per heavy atom. The van der Waals surface area contributed by atoms with Crippen molar-refractivity contribution in [2.24, 2.45) is 10.7 Å². The molecule has 5 rings (SSSR count). The lowest BCUT2D eigenvalue weighted by atomic mass is 10.1. The Bertz CT molecular complexity index is 1410. The summed E-state index contributed by atoms with van der Waals surface area (Å²) in [5.41, 5.74) is 6.86. The van der Waals surface area contributed by atoms with Crippen LogP contribution in [0.3, 0.4) is 0 Å². The normalized spacial score (nSPS) is 18.1. The zero-order valence-corrected chi connectivity index (χ0v) is 22.0. The van der Waals surface area contributed by atoms with E-state index < -0.39 is 17.5 Å². The number of methoxy groups -OCH3 is 1. The first-order valence-electron chi connectivity index (χ1n) is 12.9. The number of rotatable bonds is 10. The van der Waals surface area contributed by atoms with Gasteiger partial charge in [-0.05, 0) is 37.6 Å². The molecule has 4 N–H and O–H groups in total. The van der Waals surface area contributed by atoms with Gasteiger partial charge in [-0.25, -0.2) is 13.8 Å². The van der Waals surface area contributed by atoms with E-state index in [0.717, 1.165) is 25.5 Å². The first kappa shape index (κ1) is 27.3. The van der Waals surface area contributed by atoms with Gasteiger partial charge in [0, 0.05) is 24.2 Å². The second-order valence-electron chi connectivity index (χ2n) is 9.55. The number of anilines is 2. The van der Waals surface area contributed by atoms with E-state index in [-0.39, 0.29) is 31.5 Å². The van der Waals surface area contributed by atoms with E-state index in [4.69, 9.17) is 20.2 Å². The number of fused-ring (bicyclic) bond motifs is 1. The summed E-state index contributed by atoms with van der Waals surface area (Å²) in [6, 6.07) is 7.59. The molecule has 0 spiro atoms. The van der Waals surface area contributed by atoms with Gasteiger partial charge in [0.25, 0.3) is 0 Å². The number of hydrogen-bond acceptors (Lipinski definition) is 8. The number of nitrogens with zero attached hydrogens (tertiary/aromatic N) is 5. The van der Waals surface area contributed by atoms with Crippen LogP contribution in [0.15, 0.2) is 47.7 Å². The number of aliphatic hydroxyl groups excluding tert-OH is 1. The van der Waals surface area contributed by atoms with Crippen molar-refractivity contribution >= 4 is 28.8 Å². The molecule has 11 nitrogen and oxygen atoms in total. The Morgan fingerprint density at radius 2 is 2.15 bits per heavy atom. The molecule has 1 fully saturated rings. The lowest BCUT2D eigenvalue weighted by molar-refractivity contribution is -0.118. The van der Waals surface area contributed by atoms with E-state index >= 15 is 0 Å². The van der Waals surface area contributed by atoms with Gasteiger partial charge in [0.15, 0.2) is 23.1 Å². The largest absolute Gasteiger partial charge is 0.493 e. The predicted octanol–water partition coefficient (Wildman–Crippen LogP) is 2.46. The summed E-state index contributed by atoms with van der Waals surface area (Å²) >= 11 is 0. The molecule has 0 unspecified atom stereocenters. The number of amidine groups is 1. The summed E-state index contributed by atoms with van der Waals surface area (Å²) in [5, 5.41) is 16.9. The first-order chi connectivity index (χ1) is 19.4. The zero-order chi connectivity index (χ0) is 28.2. The Balaban J connectivity index is 1.49. The highest BCUT2D eigenvalue weighted by Crippen LogP contribution is 2.38. The summed E-state index contributed by atoms with van der Waals surface area (Å²) in [6.45, 7) is 2.05. The number of hydrogen-bond donors (Lipinski definition) is 3. The summed E-state index contributed by atoms with van der Waals surface area (Å²) in [5.74, 6) is -1.32. The number of ether oxygens (including phenoxy) is 2. The molecule has 1 aromatic heterocycles. The molecule has 40 heavy (non-hydrogen) atoms. The average molecular weight is 556 g/mol. The van der Waals surface area contributed by atoms with Crippen molar-refractivity contribution in [1.29, 1.82) is 0 Å². The summed E-state index contributed by atoms with van der Waals surface area (Å²) in [4.78, 5) is 19.7. The number of primary amides is 1. The number of likely N-dealkylation sites (tertiary alicyclic amines) is 1. The molecule has 2 aliphatic rings. The van der Waals surface area contributed by atoms with Gasteiger partial charge >= 0.3 is 0 Å². The Kier molecular flexibility index (Phi) is 8.12. The maximum absolute atomic E-state index is 14.9. The molecule has 13 heteroatoms. The van der Waals surface area contributed by atoms with Crippen molar-refractivity contribution in [3.63, 3.8) is 0 Å². The quantitative estimate of drug-likeness (QED) is 0.348. The van der Waals surface area contributed by atoms with Crippen molar-refractivity contribution in [3.8, 4) is 11.5 Å². The van der Waals surface area contributed by atoms with Crippen LogP contribution in [0.1, 0.15) is 18.4 Å². The highest BCUT2D eigenvalue weighted by atomic mass is 19.2. The smallest absolute Gasteiger partial charge is 0.239 e. The number of amides is 1. The van der Waals surface area contributed by atoms with Gasteiger partial charge in [0.2, 0.25) is 5.91 Å². The van der Waals surface area contributed by atoms with E-state index in [0.29, 0.717) is 47.4 Å². The number of nitrogens with one attached hydrogen (secondary N) is 1. The topological polar surface area (TPSA) is 130 Å². The highest BCUT2D eigenvalue weighted by molar-refractivity contribution is 6.16. The second kappa shape index (κ2) is 11.9. The molecule has 0 bridgehead atoms. The molecule has 3 aromatic rings. The molecule has 1 atom stereocenters. The molecule has 212 valence electrons. The molecule has 1 amide bonds. The van der Waals surface area contributed by atoms with E-state index in [1.807, 2.05) is 0 Å². The van der Waals surface area contributed by atoms with E-state index in [2.05, 4.69) is 15.3 Å². The predicted molar refractivity (Wildman–Crippen MR) is 145 cm³/mol. The number of aliphatic imine (C=N–C) groups is 1. The maximum Gasteiger partial charge on any atom is 0.239 e. The number of benzene rings is 2. The van der Waals surface area contributed by atoms with Gasteiger partial charge < -0.3 is 30.5 Å². The SMILES string of the molecule is COc1cc2c(cc1OCCN1CCC[C@@H]1CO)NCN(c1cccc(F)c1F)C2=Nc1cnn(CC(N)=O)c1. The highest BCUT2D eigenvalue weighted by Gasteiger charge is 2.29. The molecule has 0 aliphatic carbocycles. The van der Waals surface area contributed by atoms with E-state index in [1.165, 1.54) is 41.2 Å². The van der Waals surface area contributed by atoms with Crippen LogP contribution in [0.25, 0.3) is 0 Å². The number of carbonyl (C=O) groups is 1. The fraction of sp³-hybridized carbons (Fsp3) is 0.370. The molecule has 1 saturated heterocycles. The standard InChI is InChI=1S/C27H31F2N7O4/c1-39-23-10-19-21(11-24(23)40-9-8-34-7-3-4-18(34)15-37)31-16-36(22-6-2-5-20(28)26(22)29)27(19)33-17-12-32-35(13-17)14-25(30)38/h2,5-6,10-13,18,31,37H,3-4,7-9,14-16H2,1H3,(H2,30,38)/t18-/m1/s1. The number of carbonyl (C=O) groups excluding carboxylic acids is 1. The summed E-state index contributed by atoms with van der Waals surface area (Å²) in [7, 11) is 1.52. The number of aromatic nitrogens is 2. The second-order valence-corrected chi connectivity index (χ2v) is 9.55. The van der Waals surface area contributed by atoms with Gasteiger partial charge in [-0.15, -0.1) is 0 Å². The minimum atomic E-state index is -1.01. The first-order valence-corrected chi connectivity index (χ1v) is 12.9. The van der Waals surface area contributed by atoms with Crippen LogP contribution in [0.4, 0.5) is 25.8 Å². The Hall–Kier alpha value is -4.23. The fourth-order valence-electron chi connectivity index (χ4n) is 5.02. The van der Waals surface area contributed by atoms with E-state index in [1.54, 1.807) is 12.1 Å². The molecular formula is C27H31F2N7O4. The summed E-state index contributed by atoms with van der Waals surface area (Å²) in [6.07, 6.45) is 4.99. The molecular weight excluding hydrogens is 524 g/mol. The van der Waals surface area contributed by atoms with Crippen LogP contribution >= 0.6 is 0 Å². The lowest BCUT2D eigenvalue weighted by Crippen LogP contribution is -2.41. The average Bonchev–Trinajstić information content (AvgIpc) is 3.58. The Morgan fingerprint density at radius 3 is 2.92 bits per heavy atom. The monoisotopic (exact) mass is 555 g/mol. The van der Waals surface area contributed by atoms with Crippen molar-refractivity contribution in [1.82, 2.24) is 14.7 Å². The third-order valence-electron chi connectivity index (χ3n) is 6.97. The number of aliphatic hydroxyl groups is 1. The maximum atomic E-state index is 14.9. The Labute approximate surface area is 229 Å². The minimum Gasteiger partial charge on any atom is -0.493 e. The third-order valence-corrected chi connectivity index (χ3v) is 6.97. The lowest BCUT2D eigenvalue weighted by Gasteiger charge is -2.33. The zero-order valence-electron chi connectivity index (χ0n) is 22.0. The van der Waals surface area contributed by atoms with Crippen molar-refractivity contribution < 1.29 is 28.2 Å². The molecule has 2 aromatic carbocycles. The molecule has 2 aliphatic heterocycles. The fourth-order valence-corrected chi connectivity index (χ4v) is 5.02. The van der Waals surface area contributed by atoms with Crippen LogP contribution in [0.2, 0.25) is 0 Å². The summed E-state index contributed by atoms with van der Waals surface area (Å²) < 4.78 is 42.2. The van der Waals surface area contributed by atoms with Gasteiger partial charge in [-0.3, -0.25) is 14.4 Å². The van der Waals surface area contributed by atoms with Crippen LogP contribution in [-0.2, 0) is 11.3 Å². The van der Waals surface area contributed by atoms with Crippen LogP contribution in [-0.4, -0.2) is 77.7 Å². The molecule has 3 heterocycles. The minimum absolute atomic E-state index is 0.00947. The van der Waals surface area contributed by atoms with Crippen LogP contribution in [0, 0.1) is 11.6 Å². The van der Waals surface area contributed by atoms with Crippen molar-refractivity contribution in [3.05, 3.63) is 59.9 Å². The van der Waals surface area contributed by atoms with Gasteiger partial charge in [0.05, 0.1) is 44.2 Å². The number of halogens is 2. The number of nitrogens with two attached hydrogens (primary N) is 1. The van der Waals surface area contributed by atoms with Crippen molar-refractivity contribution in [2.45, 2.75) is 25.4 Å². The van der Waals surface area contributed by atoms with E-state index in [9.17, 15) is 18.7 Å². The van der Waals surface area contributed by atoms with Crippen LogP contribution < -0.4 is 25.4 Å². The van der Waals surface area contributed by atoms with Gasteiger partial charge in [0.1, 0.15) is 24.7 Å². The van der Waals surface area contributed by atoms with Gasteiger partial charge in [-0.1, -0.05) is 6.07 Å². The third kappa shape index (κ3) is 5.70. The van der Waals surface area contributed by atoms with Crippen molar-refractivity contribution in [2.75, 3.05) is 50.3 Å². The van der Waals surface area contributed by atoms with Gasteiger partial charge in [-0.2, -0.15) is 5.10 Å². The van der Waals surface area contributed by atoms with Crippen LogP contribution in [0.5, 0.6) is 11.5 Å². The molecule has 0 saturated carbocycles. The molecule has 0 radical (unpaired) electrons.